The van der Waals surface area contributed by atoms with Gasteiger partial charge in [-0.1, -0.05) is 48.5 Å². The number of nitrogens with zero attached hydrogens (tertiary/aromatic N) is 1. The summed E-state index contributed by atoms with van der Waals surface area (Å²) in [5.41, 5.74) is -0.782. The molecule has 2 atom stereocenters. The van der Waals surface area contributed by atoms with E-state index in [-0.39, 0.29) is 6.04 Å². The fourth-order valence-electron chi connectivity index (χ4n) is 2.61. The molecule has 22 heavy (non-hydrogen) atoms. The van der Waals surface area contributed by atoms with Gasteiger partial charge in [0.2, 0.25) is 0 Å². The van der Waals surface area contributed by atoms with E-state index in [0.717, 1.165) is 19.6 Å². The minimum atomic E-state index is -2.08. The Balaban J connectivity index is 1.86. The Labute approximate surface area is 141 Å². The fourth-order valence-corrected chi connectivity index (χ4v) is 8.96. The SMILES string of the molecule is CC(c1ccccc1)N1CCCOP1(=S)Sc1ccccc1. The molecule has 2 unspecified atom stereocenters. The number of hydrogen-bond donors (Lipinski definition) is 0. The molecule has 0 aromatic heterocycles. The molecule has 2 aromatic rings. The van der Waals surface area contributed by atoms with Crippen LogP contribution in [-0.2, 0) is 16.3 Å². The molecule has 3 rings (SSSR count). The van der Waals surface area contributed by atoms with Crippen LogP contribution in [0.4, 0.5) is 0 Å². The summed E-state index contributed by atoms with van der Waals surface area (Å²) in [5.74, 6) is 0. The quantitative estimate of drug-likeness (QED) is 0.677. The molecule has 0 aliphatic carbocycles. The topological polar surface area (TPSA) is 12.5 Å². The number of rotatable bonds is 4. The summed E-state index contributed by atoms with van der Waals surface area (Å²) in [6.07, 6.45) is 1.05. The summed E-state index contributed by atoms with van der Waals surface area (Å²) in [6.45, 7) is 4.01. The summed E-state index contributed by atoms with van der Waals surface area (Å²) in [5, 5.41) is 0. The summed E-state index contributed by atoms with van der Waals surface area (Å²) >= 11 is 7.74. The lowest BCUT2D eigenvalue weighted by atomic mass is 10.1. The lowest BCUT2D eigenvalue weighted by Gasteiger charge is -2.41. The first-order chi connectivity index (χ1) is 10.7. The molecule has 0 saturated carbocycles. The van der Waals surface area contributed by atoms with Crippen LogP contribution in [0.2, 0.25) is 0 Å². The molecule has 0 amide bonds. The highest BCUT2D eigenvalue weighted by Gasteiger charge is 2.35. The third-order valence-electron chi connectivity index (χ3n) is 3.79. The van der Waals surface area contributed by atoms with Crippen molar-refractivity contribution >= 4 is 28.8 Å². The Morgan fingerprint density at radius 3 is 2.41 bits per heavy atom. The summed E-state index contributed by atoms with van der Waals surface area (Å²) in [6, 6.07) is 21.2. The summed E-state index contributed by atoms with van der Waals surface area (Å²) in [7, 11) is 0. The molecular weight excluding hydrogens is 329 g/mol. The molecule has 0 radical (unpaired) electrons. The van der Waals surface area contributed by atoms with Crippen LogP contribution >= 0.6 is 17.0 Å². The van der Waals surface area contributed by atoms with Crippen LogP contribution in [0.3, 0.4) is 0 Å². The molecule has 2 aromatic carbocycles. The van der Waals surface area contributed by atoms with Crippen molar-refractivity contribution in [1.29, 1.82) is 0 Å². The van der Waals surface area contributed by atoms with E-state index in [1.165, 1.54) is 10.5 Å². The largest absolute Gasteiger partial charge is 0.330 e. The van der Waals surface area contributed by atoms with Crippen molar-refractivity contribution in [3.63, 3.8) is 0 Å². The Kier molecular flexibility index (Phi) is 5.37. The van der Waals surface area contributed by atoms with Gasteiger partial charge in [0.1, 0.15) is 0 Å². The standard InChI is InChI=1S/C17H20NOPS2/c1-15(16-9-4-2-5-10-16)18-13-8-14-19-20(18,21)22-17-11-6-3-7-12-17/h2-7,9-12,15H,8,13-14H2,1H3. The van der Waals surface area contributed by atoms with Crippen LogP contribution in [0.5, 0.6) is 0 Å². The van der Waals surface area contributed by atoms with Gasteiger partial charge < -0.3 is 4.52 Å². The first kappa shape index (κ1) is 16.2. The van der Waals surface area contributed by atoms with Crippen molar-refractivity contribution in [1.82, 2.24) is 4.67 Å². The van der Waals surface area contributed by atoms with E-state index in [4.69, 9.17) is 16.3 Å². The first-order valence-electron chi connectivity index (χ1n) is 7.50. The second-order valence-corrected chi connectivity index (χ2v) is 11.9. The molecular formula is C17H20NOPS2. The van der Waals surface area contributed by atoms with Crippen molar-refractivity contribution in [2.24, 2.45) is 0 Å². The Hall–Kier alpha value is -0.640. The van der Waals surface area contributed by atoms with E-state index >= 15 is 0 Å². The van der Waals surface area contributed by atoms with Gasteiger partial charge in [0, 0.05) is 17.5 Å². The highest BCUT2D eigenvalue weighted by molar-refractivity contribution is 8.68. The van der Waals surface area contributed by atoms with Crippen LogP contribution in [0.1, 0.15) is 24.9 Å². The highest BCUT2D eigenvalue weighted by Crippen LogP contribution is 2.69. The zero-order valence-corrected chi connectivity index (χ0v) is 15.1. The third kappa shape index (κ3) is 3.64. The lowest BCUT2D eigenvalue weighted by molar-refractivity contribution is 0.224. The normalized spacial score (nSPS) is 24.0. The second-order valence-electron chi connectivity index (χ2n) is 5.31. The predicted octanol–water partition coefficient (Wildman–Crippen LogP) is 5.49. The molecule has 1 heterocycles. The average Bonchev–Trinajstić information content (AvgIpc) is 2.56. The molecule has 1 saturated heterocycles. The van der Waals surface area contributed by atoms with Crippen LogP contribution in [0.15, 0.2) is 65.6 Å². The summed E-state index contributed by atoms with van der Waals surface area (Å²) < 4.78 is 8.54. The van der Waals surface area contributed by atoms with Gasteiger partial charge in [-0.2, -0.15) is 0 Å². The van der Waals surface area contributed by atoms with Gasteiger partial charge in [0.05, 0.1) is 6.61 Å². The van der Waals surface area contributed by atoms with Crippen LogP contribution < -0.4 is 0 Å². The van der Waals surface area contributed by atoms with E-state index < -0.39 is 5.62 Å². The summed E-state index contributed by atoms with van der Waals surface area (Å²) in [4.78, 5) is 1.19. The Morgan fingerprint density at radius 1 is 1.09 bits per heavy atom. The van der Waals surface area contributed by atoms with Gasteiger partial charge in [-0.25, -0.2) is 4.67 Å². The van der Waals surface area contributed by atoms with Crippen molar-refractivity contribution in [2.45, 2.75) is 24.3 Å². The Bertz CT molecular complexity index is 650. The average molecular weight is 349 g/mol. The minimum absolute atomic E-state index is 0.281. The van der Waals surface area contributed by atoms with Crippen molar-refractivity contribution in [2.75, 3.05) is 13.2 Å². The molecule has 0 N–H and O–H groups in total. The zero-order chi connectivity index (χ0) is 15.4. The predicted molar refractivity (Wildman–Crippen MR) is 98.7 cm³/mol. The van der Waals surface area contributed by atoms with Crippen LogP contribution in [0.25, 0.3) is 0 Å². The minimum Gasteiger partial charge on any atom is -0.330 e. The fraction of sp³-hybridized carbons (Fsp3) is 0.294. The lowest BCUT2D eigenvalue weighted by Crippen LogP contribution is -2.29. The molecule has 0 bridgehead atoms. The molecule has 1 aliphatic heterocycles. The van der Waals surface area contributed by atoms with Gasteiger partial charge in [-0.05, 0) is 54.2 Å². The second kappa shape index (κ2) is 7.29. The van der Waals surface area contributed by atoms with Gasteiger partial charge in [0.15, 0.2) is 5.62 Å². The maximum absolute atomic E-state index is 6.14. The zero-order valence-electron chi connectivity index (χ0n) is 12.6. The van der Waals surface area contributed by atoms with E-state index in [2.05, 4.69) is 66.2 Å². The van der Waals surface area contributed by atoms with Crippen molar-refractivity contribution in [3.05, 3.63) is 66.2 Å². The maximum atomic E-state index is 6.14. The molecule has 1 fully saturated rings. The van der Waals surface area contributed by atoms with E-state index in [0.29, 0.717) is 0 Å². The molecule has 5 heteroatoms. The maximum Gasteiger partial charge on any atom is 0.193 e. The molecule has 116 valence electrons. The molecule has 2 nitrogen and oxygen atoms in total. The van der Waals surface area contributed by atoms with Crippen molar-refractivity contribution < 1.29 is 4.52 Å². The van der Waals surface area contributed by atoms with Gasteiger partial charge in [-0.15, -0.1) is 0 Å². The smallest absolute Gasteiger partial charge is 0.193 e. The highest BCUT2D eigenvalue weighted by atomic mass is 32.9. The van der Waals surface area contributed by atoms with Gasteiger partial charge >= 0.3 is 0 Å². The first-order valence-corrected chi connectivity index (χ1v) is 11.6. The molecule has 1 aliphatic rings. The van der Waals surface area contributed by atoms with Gasteiger partial charge in [-0.3, -0.25) is 0 Å². The molecule has 0 spiro atoms. The van der Waals surface area contributed by atoms with Gasteiger partial charge in [0.25, 0.3) is 0 Å². The number of benzene rings is 2. The van der Waals surface area contributed by atoms with Crippen molar-refractivity contribution in [3.8, 4) is 0 Å². The monoisotopic (exact) mass is 349 g/mol. The van der Waals surface area contributed by atoms with Crippen LogP contribution in [0, 0.1) is 0 Å². The van der Waals surface area contributed by atoms with Crippen LogP contribution in [-0.4, -0.2) is 17.8 Å². The Morgan fingerprint density at radius 2 is 1.73 bits per heavy atom. The third-order valence-corrected chi connectivity index (χ3v) is 10.1. The number of hydrogen-bond acceptors (Lipinski definition) is 3. The van der Waals surface area contributed by atoms with E-state index in [9.17, 15) is 0 Å². The van der Waals surface area contributed by atoms with E-state index in [1.807, 2.05) is 6.07 Å². The van der Waals surface area contributed by atoms with E-state index in [1.54, 1.807) is 11.4 Å².